The van der Waals surface area contributed by atoms with E-state index in [-0.39, 0.29) is 0 Å². The molecule has 4 heterocycles. The normalized spacial score (nSPS) is 23.2. The van der Waals surface area contributed by atoms with Gasteiger partial charge in [-0.15, -0.1) is 0 Å². The van der Waals surface area contributed by atoms with Crippen LogP contribution in [0.15, 0.2) is 67.1 Å². The van der Waals surface area contributed by atoms with Gasteiger partial charge in [0, 0.05) is 11.1 Å². The van der Waals surface area contributed by atoms with Gasteiger partial charge < -0.3 is 0 Å². The van der Waals surface area contributed by atoms with Crippen molar-refractivity contribution in [3.63, 3.8) is 0 Å². The molecule has 2 aromatic carbocycles. The Balaban J connectivity index is 1.17. The van der Waals surface area contributed by atoms with Crippen molar-refractivity contribution in [2.24, 2.45) is 5.92 Å². The number of hydrogen-bond donors (Lipinski definition) is 0. The molecule has 36 heavy (non-hydrogen) atoms. The molecule has 0 spiro atoms. The molecule has 180 valence electrons. The van der Waals surface area contributed by atoms with E-state index in [1.165, 1.54) is 45.8 Å². The van der Waals surface area contributed by atoms with Gasteiger partial charge in [0.2, 0.25) is 0 Å². The van der Waals surface area contributed by atoms with Crippen molar-refractivity contribution in [3.8, 4) is 11.1 Å². The van der Waals surface area contributed by atoms with E-state index in [0.717, 1.165) is 33.9 Å². The van der Waals surface area contributed by atoms with Crippen LogP contribution < -0.4 is 4.90 Å². The molecule has 4 fully saturated rings. The van der Waals surface area contributed by atoms with Gasteiger partial charge in [0.15, 0.2) is 0 Å². The summed E-state index contributed by atoms with van der Waals surface area (Å²) in [5.41, 5.74) is 6.25. The molecule has 7 heteroatoms. The summed E-state index contributed by atoms with van der Waals surface area (Å²) < 4.78 is 6.46. The molecule has 0 amide bonds. The van der Waals surface area contributed by atoms with Crippen molar-refractivity contribution in [3.05, 3.63) is 76.4 Å². The zero-order chi connectivity index (χ0) is 23.9. The quantitative estimate of drug-likeness (QED) is 0.180. The molecule has 4 aliphatic rings. The number of nitrogens with zero attached hydrogens (tertiary/aromatic N) is 6. The van der Waals surface area contributed by atoms with Gasteiger partial charge in [-0.25, -0.2) is 0 Å². The Kier molecular flexibility index (Phi) is 4.51. The third-order valence-electron chi connectivity index (χ3n) is 8.46. The molecule has 0 N–H and O–H groups in total. The second-order valence-corrected chi connectivity index (χ2v) is 16.6. The number of hydrogen-bond acceptors (Lipinski definition) is 5. The van der Waals surface area contributed by atoms with Crippen LogP contribution in [-0.4, -0.2) is 40.5 Å². The van der Waals surface area contributed by atoms with Gasteiger partial charge >= 0.3 is 182 Å². The summed E-state index contributed by atoms with van der Waals surface area (Å²) in [4.78, 5) is 12.0. The average Bonchev–Trinajstić information content (AvgIpc) is 3.30. The van der Waals surface area contributed by atoms with Crippen LogP contribution in [0.3, 0.4) is 0 Å². The summed E-state index contributed by atoms with van der Waals surface area (Å²) in [5, 5.41) is 9.59. The third-order valence-corrected chi connectivity index (χ3v) is 15.0. The Morgan fingerprint density at radius 2 is 1.89 bits per heavy atom. The summed E-state index contributed by atoms with van der Waals surface area (Å²) in [6.07, 6.45) is 9.24. The Labute approximate surface area is 217 Å². The van der Waals surface area contributed by atoms with Gasteiger partial charge in [-0.3, -0.25) is 0 Å². The minimum absolute atomic E-state index is 0.402. The number of halogens is 1. The van der Waals surface area contributed by atoms with Crippen LogP contribution >= 0.6 is 19.8 Å². The van der Waals surface area contributed by atoms with Crippen molar-refractivity contribution >= 4 is 48.0 Å². The number of rotatable bonds is 5. The summed E-state index contributed by atoms with van der Waals surface area (Å²) in [6, 6.07) is 20.1. The van der Waals surface area contributed by atoms with Crippen LogP contribution in [-0.2, 0) is 5.41 Å². The van der Waals surface area contributed by atoms with Crippen LogP contribution in [0.5, 0.6) is 0 Å². The topological polar surface area (TPSA) is 59.2 Å². The Morgan fingerprint density at radius 3 is 2.61 bits per heavy atom. The molecular formula is C29H27IN6. The first-order valence-corrected chi connectivity index (χ1v) is 16.9. The second kappa shape index (κ2) is 7.71. The molecule has 3 aliphatic carbocycles. The van der Waals surface area contributed by atoms with Crippen molar-refractivity contribution < 1.29 is 0 Å². The minimum atomic E-state index is -0.959. The summed E-state index contributed by atoms with van der Waals surface area (Å²) in [5.74, 6) is 2.51. The van der Waals surface area contributed by atoms with Crippen LogP contribution in [0.1, 0.15) is 31.4 Å². The van der Waals surface area contributed by atoms with E-state index in [9.17, 15) is 0 Å². The maximum absolute atomic E-state index is 4.93. The van der Waals surface area contributed by atoms with Crippen molar-refractivity contribution in [1.29, 1.82) is 0 Å². The van der Waals surface area contributed by atoms with E-state index >= 15 is 0 Å². The molecule has 3 aromatic heterocycles. The number of alkyl halides is 2. The molecule has 1 aliphatic heterocycles. The molecule has 9 rings (SSSR count). The molecule has 0 unspecified atom stereocenters. The summed E-state index contributed by atoms with van der Waals surface area (Å²) in [7, 11) is 2.09. The standard InChI is InChI=1S/C29H27IN6/c1-35(23-5-2-4-20(12-23)21-6-9-26(31-17-21)29-14-19(15-29)16-29)27-24-8-7-22(30-10-3-11-30)13-25(24)36-18-32-34-28(36)33-27/h2,4-9,12-13,17-19H,3,10-11,14-16H2,1H3. The van der Waals surface area contributed by atoms with E-state index in [1.807, 2.05) is 4.40 Å². The van der Waals surface area contributed by atoms with Crippen molar-refractivity contribution in [1.82, 2.24) is 24.6 Å². The fraction of sp³-hybridized carbons (Fsp3) is 0.310. The monoisotopic (exact) mass is 586 g/mol. The fourth-order valence-electron chi connectivity index (χ4n) is 6.12. The molecule has 3 saturated carbocycles. The van der Waals surface area contributed by atoms with E-state index in [0.29, 0.717) is 11.2 Å². The Bertz CT molecular complexity index is 1620. The Morgan fingerprint density at radius 1 is 1.00 bits per heavy atom. The first kappa shape index (κ1) is 21.1. The maximum atomic E-state index is 4.93. The molecule has 2 bridgehead atoms. The first-order valence-electron chi connectivity index (χ1n) is 12.7. The van der Waals surface area contributed by atoms with Crippen molar-refractivity contribution in [2.75, 3.05) is 20.8 Å². The number of anilines is 2. The van der Waals surface area contributed by atoms with Gasteiger partial charge in [-0.05, 0) is 25.2 Å². The number of pyridine rings is 1. The third kappa shape index (κ3) is 3.07. The molecule has 0 radical (unpaired) electrons. The summed E-state index contributed by atoms with van der Waals surface area (Å²) >= 11 is -0.959. The van der Waals surface area contributed by atoms with Crippen LogP contribution in [0.25, 0.3) is 27.8 Å². The number of benzene rings is 2. The number of aromatic nitrogens is 5. The van der Waals surface area contributed by atoms with Gasteiger partial charge in [0.25, 0.3) is 0 Å². The molecule has 0 atom stereocenters. The van der Waals surface area contributed by atoms with Crippen molar-refractivity contribution in [2.45, 2.75) is 31.1 Å². The van der Waals surface area contributed by atoms with Crippen LogP contribution in [0, 0.1) is 9.49 Å². The van der Waals surface area contributed by atoms with E-state index in [4.69, 9.17) is 9.97 Å². The molecule has 6 nitrogen and oxygen atoms in total. The zero-order valence-corrected chi connectivity index (χ0v) is 22.4. The molecule has 1 saturated heterocycles. The van der Waals surface area contributed by atoms with Gasteiger partial charge in [0.1, 0.15) is 0 Å². The fourth-order valence-corrected chi connectivity index (χ4v) is 10.3. The molecule has 5 aromatic rings. The number of fused-ring (bicyclic) bond motifs is 3. The van der Waals surface area contributed by atoms with Crippen LogP contribution in [0.2, 0.25) is 0 Å². The van der Waals surface area contributed by atoms with Gasteiger partial charge in [0.05, 0.1) is 0 Å². The second-order valence-electron chi connectivity index (χ2n) is 10.6. The Hall–Kier alpha value is -3.07. The van der Waals surface area contributed by atoms with E-state index in [1.54, 1.807) is 9.90 Å². The van der Waals surface area contributed by atoms with Gasteiger partial charge in [-0.2, -0.15) is 0 Å². The van der Waals surface area contributed by atoms with E-state index in [2.05, 4.69) is 82.9 Å². The average molecular weight is 586 g/mol. The first-order chi connectivity index (χ1) is 17.7. The molecular weight excluding hydrogens is 559 g/mol. The van der Waals surface area contributed by atoms with Gasteiger partial charge in [-0.1, -0.05) is 0 Å². The summed E-state index contributed by atoms with van der Waals surface area (Å²) in [6.45, 7) is 0. The predicted octanol–water partition coefficient (Wildman–Crippen LogP) is 6.24. The SMILES string of the molecule is CN(c1cccc(-c2ccc(C34CC(C3)C4)nc2)c1)c1nc2nncn2c2cc(I3CCC3)ccc12. The predicted molar refractivity (Wildman–Crippen MR) is 152 cm³/mol. The van der Waals surface area contributed by atoms with Crippen LogP contribution in [0.4, 0.5) is 11.5 Å². The zero-order valence-electron chi connectivity index (χ0n) is 20.2. The van der Waals surface area contributed by atoms with E-state index < -0.39 is 19.8 Å².